The summed E-state index contributed by atoms with van der Waals surface area (Å²) in [4.78, 5) is 44.4. The Kier molecular flexibility index (Phi) is 14.3. The number of hydrogen-bond donors (Lipinski definition) is 3. The van der Waals surface area contributed by atoms with Crippen LogP contribution in [-0.2, 0) is 56.3 Å². The molecule has 74 heavy (non-hydrogen) atoms. The van der Waals surface area contributed by atoms with Crippen molar-refractivity contribution in [3.05, 3.63) is 93.0 Å². The summed E-state index contributed by atoms with van der Waals surface area (Å²) in [5.41, 5.74) is -6.10. The third-order valence-corrected chi connectivity index (χ3v) is 15.3. The van der Waals surface area contributed by atoms with Crippen LogP contribution in [0.1, 0.15) is 66.1 Å². The molecule has 0 radical (unpaired) electrons. The molecule has 3 heterocycles. The van der Waals surface area contributed by atoms with Crippen molar-refractivity contribution >= 4 is 66.2 Å². The number of likely N-dealkylation sites (N-methyl/N-ethyl adjacent to an activating group) is 1. The highest BCUT2D eigenvalue weighted by atomic mass is 35.5. The van der Waals surface area contributed by atoms with E-state index in [1.54, 1.807) is 0 Å². The van der Waals surface area contributed by atoms with Crippen LogP contribution in [-0.4, -0.2) is 113 Å². The van der Waals surface area contributed by atoms with Crippen molar-refractivity contribution in [2.24, 2.45) is 5.92 Å². The first-order valence-corrected chi connectivity index (χ1v) is 25.6. The minimum Gasteiger partial charge on any atom is -0.465 e. The summed E-state index contributed by atoms with van der Waals surface area (Å²) in [5, 5.41) is 19.5. The Hall–Kier alpha value is -6.67. The highest BCUT2D eigenvalue weighted by molar-refractivity contribution is 7.93. The zero-order valence-corrected chi connectivity index (χ0v) is 41.3. The van der Waals surface area contributed by atoms with Crippen molar-refractivity contribution < 1.29 is 80.2 Å². The van der Waals surface area contributed by atoms with Gasteiger partial charge in [-0.15, -0.1) is 0 Å². The quantitative estimate of drug-likeness (QED) is 0.0736. The molecule has 2 aliphatic rings. The Labute approximate surface area is 418 Å². The SMILES string of the molecule is CN(CCNC(=O)O)C(=O)N(c1nn(CC(F)(F)F)c2c(-c3ccc(C#CC(C)(C)S(C)(=O)=O)nc3C(Cc3cc(F)cc(F)c3)NC(=O)Cn3nc(C(F)(F)F)c4c3C(F)(F)[C@@H]3C[C@H]43)ccc(Cl)c12)S(C)(=O)=O. The number of nitrogens with zero attached hydrogens (tertiary/aromatic N) is 7. The standard InChI is InChI=1S/C44H40ClF10N9O8S2/c1-41(2,73(4,69)70)11-10-24-6-7-25(26-8-9-29(45)33-35(26)63(20-42(48,49)50)60-38(33)64(74(5,71)72)40(68)61(3)13-12-56-39(66)67)34(57-24)30(16-21-14-22(46)17-23(47)15-21)58-31(65)19-62-37-32(36(59-62)44(53,54)55)27-18-28(27)43(37,51)52/h6-9,14-15,17,27-28,30,56H,12-13,16,18-20H2,1-5H3,(H,58,65)(H,66,67)/t27-,28+,30?/m0/s1. The molecule has 4 amide bonds. The van der Waals surface area contributed by atoms with Gasteiger partial charge < -0.3 is 20.6 Å². The molecule has 0 saturated heterocycles. The fourth-order valence-corrected chi connectivity index (χ4v) is 9.71. The molecule has 3 atom stereocenters. The number of sulfone groups is 1. The number of urea groups is 1. The monoisotopic (exact) mass is 1110 g/mol. The molecule has 1 unspecified atom stereocenters. The molecule has 5 aromatic rings. The van der Waals surface area contributed by atoms with E-state index in [1.807, 2.05) is 5.32 Å². The van der Waals surface area contributed by atoms with E-state index in [2.05, 4.69) is 32.3 Å². The molecule has 30 heteroatoms. The number of halogens is 11. The second kappa shape index (κ2) is 19.2. The zero-order chi connectivity index (χ0) is 55.0. The van der Waals surface area contributed by atoms with E-state index in [1.165, 1.54) is 13.8 Å². The molecular weight excluding hydrogens is 1070 g/mol. The van der Waals surface area contributed by atoms with Crippen LogP contribution in [0.4, 0.5) is 59.3 Å². The van der Waals surface area contributed by atoms with Gasteiger partial charge in [0.1, 0.15) is 40.9 Å². The van der Waals surface area contributed by atoms with Gasteiger partial charge >= 0.3 is 24.5 Å². The van der Waals surface area contributed by atoms with Crippen LogP contribution in [0.25, 0.3) is 22.0 Å². The van der Waals surface area contributed by atoms with Crippen LogP contribution in [0.3, 0.4) is 0 Å². The molecular formula is C44H40ClF10N9O8S2. The van der Waals surface area contributed by atoms with Crippen LogP contribution in [0.2, 0.25) is 5.02 Å². The van der Waals surface area contributed by atoms with Crippen LogP contribution < -0.4 is 14.9 Å². The number of amides is 4. The van der Waals surface area contributed by atoms with Crippen LogP contribution in [0, 0.1) is 29.4 Å². The number of carbonyl (C=O) groups excluding carboxylic acids is 2. The van der Waals surface area contributed by atoms with E-state index in [9.17, 15) is 66.3 Å². The molecule has 0 bridgehead atoms. The molecule has 3 N–H and O–H groups in total. The van der Waals surface area contributed by atoms with Crippen LogP contribution in [0.5, 0.6) is 0 Å². The zero-order valence-electron chi connectivity index (χ0n) is 38.9. The fourth-order valence-electron chi connectivity index (χ4n) is 8.37. The summed E-state index contributed by atoms with van der Waals surface area (Å²) in [6.07, 6.45) is -11.6. The van der Waals surface area contributed by atoms with Crippen molar-refractivity contribution in [3.8, 4) is 23.0 Å². The molecule has 2 aromatic carbocycles. The van der Waals surface area contributed by atoms with Gasteiger partial charge in [-0.2, -0.15) is 49.6 Å². The van der Waals surface area contributed by atoms with Gasteiger partial charge in [-0.05, 0) is 74.4 Å². The van der Waals surface area contributed by atoms with Crippen molar-refractivity contribution in [2.75, 3.05) is 37.0 Å². The number of benzene rings is 2. The Balaban J connectivity index is 1.48. The van der Waals surface area contributed by atoms with E-state index in [-0.39, 0.29) is 36.9 Å². The second-order valence-electron chi connectivity index (χ2n) is 18.0. The minimum absolute atomic E-state index is 0.00472. The summed E-state index contributed by atoms with van der Waals surface area (Å²) < 4.78 is 198. The number of anilines is 1. The highest BCUT2D eigenvalue weighted by Crippen LogP contribution is 2.68. The Morgan fingerprint density at radius 1 is 0.959 bits per heavy atom. The van der Waals surface area contributed by atoms with Gasteiger partial charge in [-0.1, -0.05) is 23.6 Å². The lowest BCUT2D eigenvalue weighted by Gasteiger charge is -2.25. The summed E-state index contributed by atoms with van der Waals surface area (Å²) in [5.74, 6) is -6.18. The van der Waals surface area contributed by atoms with E-state index in [0.29, 0.717) is 17.2 Å². The molecule has 7 rings (SSSR count). The lowest BCUT2D eigenvalue weighted by molar-refractivity contribution is -0.143. The number of sulfonamides is 1. The number of carbonyl (C=O) groups is 3. The summed E-state index contributed by atoms with van der Waals surface area (Å²) in [6, 6.07) is 3.16. The molecule has 0 spiro atoms. The second-order valence-corrected chi connectivity index (χ2v) is 22.8. The predicted molar refractivity (Wildman–Crippen MR) is 244 cm³/mol. The number of aromatic nitrogens is 5. The average Bonchev–Trinajstić information content (AvgIpc) is 3.76. The van der Waals surface area contributed by atoms with Crippen molar-refractivity contribution in [1.29, 1.82) is 0 Å². The van der Waals surface area contributed by atoms with Crippen LogP contribution in [0.15, 0.2) is 42.5 Å². The molecule has 2 aliphatic carbocycles. The summed E-state index contributed by atoms with van der Waals surface area (Å²) in [7, 11) is -7.77. The third-order valence-electron chi connectivity index (χ3n) is 12.1. The maximum atomic E-state index is 15.6. The topological polar surface area (TPSA) is 219 Å². The molecule has 1 saturated carbocycles. The first-order chi connectivity index (χ1) is 34.0. The molecule has 398 valence electrons. The third kappa shape index (κ3) is 11.2. The number of nitrogens with one attached hydrogen (secondary N) is 2. The van der Waals surface area contributed by atoms with Crippen LogP contribution >= 0.6 is 11.6 Å². The van der Waals surface area contributed by atoms with E-state index >= 15 is 8.78 Å². The van der Waals surface area contributed by atoms with Crippen molar-refractivity contribution in [2.45, 2.75) is 74.8 Å². The predicted octanol–water partition coefficient (Wildman–Crippen LogP) is 7.38. The fraction of sp³-hybridized carbons (Fsp3) is 0.409. The number of hydrogen-bond acceptors (Lipinski definition) is 10. The van der Waals surface area contributed by atoms with Gasteiger partial charge in [0, 0.05) is 55.1 Å². The molecule has 3 aromatic heterocycles. The molecule has 0 aliphatic heterocycles. The summed E-state index contributed by atoms with van der Waals surface area (Å²) in [6.45, 7) is -1.82. The van der Waals surface area contributed by atoms with E-state index in [0.717, 1.165) is 49.7 Å². The Morgan fingerprint density at radius 2 is 1.59 bits per heavy atom. The van der Waals surface area contributed by atoms with Gasteiger partial charge in [0.25, 0.3) is 5.92 Å². The van der Waals surface area contributed by atoms with Gasteiger partial charge in [0.2, 0.25) is 15.9 Å². The number of alkyl halides is 8. The number of rotatable bonds is 14. The number of fused-ring (bicyclic) bond motifs is 4. The summed E-state index contributed by atoms with van der Waals surface area (Å²) >= 11 is 6.64. The first kappa shape index (κ1) is 55.1. The van der Waals surface area contributed by atoms with E-state index < -0.39 is 173 Å². The largest absolute Gasteiger partial charge is 0.465 e. The average molecular weight is 1110 g/mol. The maximum Gasteiger partial charge on any atom is 0.435 e. The van der Waals surface area contributed by atoms with Gasteiger partial charge in [0.15, 0.2) is 21.3 Å². The molecule has 17 nitrogen and oxygen atoms in total. The normalized spacial score (nSPS) is 16.7. The van der Waals surface area contributed by atoms with E-state index in [4.69, 9.17) is 16.7 Å². The molecule has 1 fully saturated rings. The highest BCUT2D eigenvalue weighted by Gasteiger charge is 2.68. The Morgan fingerprint density at radius 3 is 2.18 bits per heavy atom. The number of pyridine rings is 1. The van der Waals surface area contributed by atoms with Gasteiger partial charge in [-0.3, -0.25) is 14.2 Å². The maximum absolute atomic E-state index is 15.6. The minimum atomic E-state index is -5.24. The van der Waals surface area contributed by atoms with Gasteiger partial charge in [0.05, 0.1) is 33.9 Å². The van der Waals surface area contributed by atoms with Crippen molar-refractivity contribution in [3.63, 3.8) is 0 Å². The number of carboxylic acid groups (broad SMARTS) is 1. The first-order valence-electron chi connectivity index (χ1n) is 21.5. The lowest BCUT2D eigenvalue weighted by Crippen LogP contribution is -2.47. The Bertz CT molecular complexity index is 3410. The van der Waals surface area contributed by atoms with Gasteiger partial charge in [-0.25, -0.2) is 40.2 Å². The lowest BCUT2D eigenvalue weighted by atomic mass is 9.93. The van der Waals surface area contributed by atoms with Crippen molar-refractivity contribution in [1.82, 2.24) is 40.1 Å². The smallest absolute Gasteiger partial charge is 0.435 e.